The fourth-order valence-corrected chi connectivity index (χ4v) is 3.05. The molecule has 3 heterocycles. The maximum atomic E-state index is 6.21. The van der Waals surface area contributed by atoms with E-state index in [4.69, 9.17) is 28.2 Å². The van der Waals surface area contributed by atoms with Gasteiger partial charge in [0.15, 0.2) is 5.82 Å². The lowest BCUT2D eigenvalue weighted by molar-refractivity contribution is 0.523. The van der Waals surface area contributed by atoms with Gasteiger partial charge in [-0.2, -0.15) is 5.10 Å². The molecule has 0 saturated carbocycles. The lowest BCUT2D eigenvalue weighted by Crippen LogP contribution is -2.15. The molecule has 0 bridgehead atoms. The maximum Gasteiger partial charge on any atom is 0.214 e. The van der Waals surface area contributed by atoms with Gasteiger partial charge in [-0.3, -0.25) is 4.98 Å². The van der Waals surface area contributed by atoms with E-state index in [1.165, 1.54) is 0 Å². The lowest BCUT2D eigenvalue weighted by atomic mass is 10.1. The van der Waals surface area contributed by atoms with Crippen LogP contribution in [0.25, 0.3) is 22.7 Å². The number of nitrogens with one attached hydrogen (secondary N) is 2. The van der Waals surface area contributed by atoms with Crippen molar-refractivity contribution in [3.63, 3.8) is 0 Å². The van der Waals surface area contributed by atoms with Gasteiger partial charge in [0.1, 0.15) is 11.5 Å². The Labute approximate surface area is 165 Å². The standard InChI is InChI=1S/C19H16ClN5OS/c1-12-2-3-14(10-16(12)20)17-5-4-15(26-17)11-22-25-18(23-24-19(25)27)13-6-8-21-9-7-13/h2-10,22H,11H2,1H3,(H,24,27). The zero-order valence-electron chi connectivity index (χ0n) is 14.4. The molecule has 0 saturated heterocycles. The minimum atomic E-state index is 0.450. The third-order valence-electron chi connectivity index (χ3n) is 4.14. The SMILES string of the molecule is Cc1ccc(-c2ccc(CNn3c(-c4ccncc4)n[nH]c3=S)o2)cc1Cl. The number of furan rings is 1. The fraction of sp³-hybridized carbons (Fsp3) is 0.105. The molecule has 2 N–H and O–H groups in total. The number of H-pyrrole nitrogens is 1. The van der Waals surface area contributed by atoms with Gasteiger partial charge in [-0.15, -0.1) is 0 Å². The zero-order chi connectivity index (χ0) is 18.8. The van der Waals surface area contributed by atoms with Crippen molar-refractivity contribution in [1.82, 2.24) is 19.9 Å². The summed E-state index contributed by atoms with van der Waals surface area (Å²) in [7, 11) is 0. The van der Waals surface area contributed by atoms with Crippen LogP contribution in [-0.2, 0) is 6.54 Å². The van der Waals surface area contributed by atoms with Crippen LogP contribution in [0.1, 0.15) is 11.3 Å². The highest BCUT2D eigenvalue weighted by atomic mass is 35.5. The van der Waals surface area contributed by atoms with Crippen molar-refractivity contribution in [3.8, 4) is 22.7 Å². The average Bonchev–Trinajstić information content (AvgIpc) is 3.30. The number of rotatable bonds is 5. The molecule has 4 rings (SSSR count). The van der Waals surface area contributed by atoms with E-state index >= 15 is 0 Å². The largest absolute Gasteiger partial charge is 0.459 e. The molecular weight excluding hydrogens is 382 g/mol. The Kier molecular flexibility index (Phi) is 4.79. The highest BCUT2D eigenvalue weighted by Crippen LogP contribution is 2.27. The molecule has 0 atom stereocenters. The first kappa shape index (κ1) is 17.5. The molecule has 136 valence electrons. The lowest BCUT2D eigenvalue weighted by Gasteiger charge is -2.08. The minimum Gasteiger partial charge on any atom is -0.459 e. The van der Waals surface area contributed by atoms with Gasteiger partial charge in [0.2, 0.25) is 4.77 Å². The molecule has 6 nitrogen and oxygen atoms in total. The van der Waals surface area contributed by atoms with Gasteiger partial charge in [0, 0.05) is 28.5 Å². The van der Waals surface area contributed by atoms with E-state index in [0.717, 1.165) is 33.2 Å². The number of aromatic amines is 1. The third-order valence-corrected chi connectivity index (χ3v) is 4.82. The van der Waals surface area contributed by atoms with Crippen LogP contribution in [0, 0.1) is 11.7 Å². The molecule has 0 amide bonds. The van der Waals surface area contributed by atoms with Crippen LogP contribution in [0.2, 0.25) is 5.02 Å². The van der Waals surface area contributed by atoms with Gasteiger partial charge >= 0.3 is 0 Å². The van der Waals surface area contributed by atoms with Crippen LogP contribution < -0.4 is 5.43 Å². The van der Waals surface area contributed by atoms with Crippen molar-refractivity contribution in [1.29, 1.82) is 0 Å². The predicted octanol–water partition coefficient (Wildman–Crippen LogP) is 4.97. The van der Waals surface area contributed by atoms with Crippen molar-refractivity contribution in [3.05, 3.63) is 76.0 Å². The van der Waals surface area contributed by atoms with Gasteiger partial charge in [-0.1, -0.05) is 23.7 Å². The number of benzene rings is 1. The second-order valence-corrected chi connectivity index (χ2v) is 6.78. The second kappa shape index (κ2) is 7.38. The summed E-state index contributed by atoms with van der Waals surface area (Å²) in [4.78, 5) is 4.03. The topological polar surface area (TPSA) is 71.7 Å². The molecule has 0 aliphatic heterocycles. The van der Waals surface area contributed by atoms with Crippen molar-refractivity contribution < 1.29 is 4.42 Å². The van der Waals surface area contributed by atoms with Gasteiger partial charge in [0.25, 0.3) is 0 Å². The van der Waals surface area contributed by atoms with E-state index in [1.807, 2.05) is 49.4 Å². The summed E-state index contributed by atoms with van der Waals surface area (Å²) < 4.78 is 8.13. The quantitative estimate of drug-likeness (QED) is 0.465. The molecule has 0 radical (unpaired) electrons. The molecule has 0 spiro atoms. The Morgan fingerprint density at radius 3 is 2.74 bits per heavy atom. The van der Waals surface area contributed by atoms with Crippen LogP contribution in [0.3, 0.4) is 0 Å². The van der Waals surface area contributed by atoms with Crippen molar-refractivity contribution >= 4 is 23.8 Å². The number of aromatic nitrogens is 4. The van der Waals surface area contributed by atoms with E-state index in [9.17, 15) is 0 Å². The Hall–Kier alpha value is -2.90. The first-order chi connectivity index (χ1) is 13.1. The normalized spacial score (nSPS) is 10.9. The number of nitrogens with zero attached hydrogens (tertiary/aromatic N) is 3. The molecule has 27 heavy (non-hydrogen) atoms. The Morgan fingerprint density at radius 2 is 1.96 bits per heavy atom. The molecule has 8 heteroatoms. The van der Waals surface area contributed by atoms with Crippen LogP contribution in [-0.4, -0.2) is 19.9 Å². The van der Waals surface area contributed by atoms with Crippen LogP contribution >= 0.6 is 23.8 Å². The van der Waals surface area contributed by atoms with E-state index in [-0.39, 0.29) is 0 Å². The number of hydrogen-bond donors (Lipinski definition) is 2. The molecule has 0 aliphatic rings. The smallest absolute Gasteiger partial charge is 0.214 e. The van der Waals surface area contributed by atoms with E-state index < -0.39 is 0 Å². The highest BCUT2D eigenvalue weighted by molar-refractivity contribution is 7.71. The summed E-state index contributed by atoms with van der Waals surface area (Å²) >= 11 is 11.5. The number of halogens is 1. The molecule has 3 aromatic heterocycles. The van der Waals surface area contributed by atoms with Gasteiger partial charge < -0.3 is 9.84 Å². The molecule has 0 aliphatic carbocycles. The summed E-state index contributed by atoms with van der Waals surface area (Å²) in [6.07, 6.45) is 3.42. The van der Waals surface area contributed by atoms with Gasteiger partial charge in [-0.25, -0.2) is 9.77 Å². The van der Waals surface area contributed by atoms with Crippen LogP contribution in [0.5, 0.6) is 0 Å². The molecule has 4 aromatic rings. The predicted molar refractivity (Wildman–Crippen MR) is 108 cm³/mol. The summed E-state index contributed by atoms with van der Waals surface area (Å²) in [6, 6.07) is 13.5. The molecule has 0 unspecified atom stereocenters. The maximum absolute atomic E-state index is 6.21. The minimum absolute atomic E-state index is 0.450. The van der Waals surface area contributed by atoms with Crippen molar-refractivity contribution in [2.45, 2.75) is 13.5 Å². The second-order valence-electron chi connectivity index (χ2n) is 5.99. The molecular formula is C19H16ClN5OS. The van der Waals surface area contributed by atoms with Crippen molar-refractivity contribution in [2.75, 3.05) is 5.43 Å². The Balaban J connectivity index is 1.54. The highest BCUT2D eigenvalue weighted by Gasteiger charge is 2.10. The summed E-state index contributed by atoms with van der Waals surface area (Å²) in [5.74, 6) is 2.21. The summed E-state index contributed by atoms with van der Waals surface area (Å²) in [5, 5.41) is 7.80. The Morgan fingerprint density at radius 1 is 1.15 bits per heavy atom. The van der Waals surface area contributed by atoms with E-state index in [0.29, 0.717) is 17.1 Å². The average molecular weight is 398 g/mol. The van der Waals surface area contributed by atoms with E-state index in [2.05, 4.69) is 20.6 Å². The van der Waals surface area contributed by atoms with Crippen molar-refractivity contribution in [2.24, 2.45) is 0 Å². The summed E-state index contributed by atoms with van der Waals surface area (Å²) in [5.41, 5.74) is 6.12. The third kappa shape index (κ3) is 3.65. The fourth-order valence-electron chi connectivity index (χ4n) is 2.67. The zero-order valence-corrected chi connectivity index (χ0v) is 16.0. The number of pyridine rings is 1. The van der Waals surface area contributed by atoms with E-state index in [1.54, 1.807) is 17.1 Å². The molecule has 1 aromatic carbocycles. The van der Waals surface area contributed by atoms with Gasteiger partial charge in [-0.05, 0) is 55.0 Å². The monoisotopic (exact) mass is 397 g/mol. The first-order valence-electron chi connectivity index (χ1n) is 8.29. The Bertz CT molecular complexity index is 1130. The van der Waals surface area contributed by atoms with Crippen LogP contribution in [0.4, 0.5) is 0 Å². The van der Waals surface area contributed by atoms with Crippen LogP contribution in [0.15, 0.2) is 59.3 Å². The first-order valence-corrected chi connectivity index (χ1v) is 9.07. The van der Waals surface area contributed by atoms with Gasteiger partial charge in [0.05, 0.1) is 6.54 Å². The molecule has 0 fully saturated rings. The number of hydrogen-bond acceptors (Lipinski definition) is 5. The summed E-state index contributed by atoms with van der Waals surface area (Å²) in [6.45, 7) is 2.42. The number of aryl methyl sites for hydroxylation is 1.